The van der Waals surface area contributed by atoms with E-state index in [0.29, 0.717) is 37.4 Å². The first-order valence-electron chi connectivity index (χ1n) is 8.60. The fourth-order valence-corrected chi connectivity index (χ4v) is 2.84. The standard InChI is InChI=1S/C20H21F2NO3/c1-14-2-4-15(5-3-14)25-13-20(24)23-10-8-16(9-11-23)26-17-6-7-18(21)19(22)12-17/h2-7,12,16H,8-11,13H2,1H3. The van der Waals surface area contributed by atoms with Gasteiger partial charge in [-0.1, -0.05) is 17.7 Å². The molecule has 2 aromatic carbocycles. The van der Waals surface area contributed by atoms with E-state index < -0.39 is 11.6 Å². The van der Waals surface area contributed by atoms with Crippen LogP contribution < -0.4 is 9.47 Å². The fraction of sp³-hybridized carbons (Fsp3) is 0.350. The zero-order valence-electron chi connectivity index (χ0n) is 14.6. The largest absolute Gasteiger partial charge is 0.490 e. The first kappa shape index (κ1) is 18.2. The van der Waals surface area contributed by atoms with E-state index in [9.17, 15) is 13.6 Å². The molecule has 1 fully saturated rings. The number of benzene rings is 2. The molecule has 2 aromatic rings. The zero-order chi connectivity index (χ0) is 18.5. The van der Waals surface area contributed by atoms with Crippen LogP contribution in [0.4, 0.5) is 8.78 Å². The van der Waals surface area contributed by atoms with Gasteiger partial charge in [-0.2, -0.15) is 0 Å². The van der Waals surface area contributed by atoms with Crippen LogP contribution in [0.2, 0.25) is 0 Å². The topological polar surface area (TPSA) is 38.8 Å². The Morgan fingerprint density at radius 2 is 1.69 bits per heavy atom. The third kappa shape index (κ3) is 4.71. The molecule has 0 atom stereocenters. The van der Waals surface area contributed by atoms with Crippen molar-refractivity contribution in [3.05, 3.63) is 59.7 Å². The second-order valence-corrected chi connectivity index (χ2v) is 6.38. The van der Waals surface area contributed by atoms with E-state index in [1.165, 1.54) is 6.07 Å². The van der Waals surface area contributed by atoms with Crippen molar-refractivity contribution in [2.24, 2.45) is 0 Å². The molecule has 138 valence electrons. The van der Waals surface area contributed by atoms with Gasteiger partial charge >= 0.3 is 0 Å². The zero-order valence-corrected chi connectivity index (χ0v) is 14.6. The van der Waals surface area contributed by atoms with Crippen LogP contribution in [-0.2, 0) is 4.79 Å². The van der Waals surface area contributed by atoms with Crippen molar-refractivity contribution in [3.8, 4) is 11.5 Å². The van der Waals surface area contributed by atoms with Crippen molar-refractivity contribution in [2.75, 3.05) is 19.7 Å². The van der Waals surface area contributed by atoms with Gasteiger partial charge in [-0.25, -0.2) is 8.78 Å². The van der Waals surface area contributed by atoms with Crippen molar-refractivity contribution < 1.29 is 23.0 Å². The number of ether oxygens (including phenoxy) is 2. The minimum Gasteiger partial charge on any atom is -0.490 e. The predicted molar refractivity (Wildman–Crippen MR) is 93.3 cm³/mol. The highest BCUT2D eigenvalue weighted by Crippen LogP contribution is 2.21. The van der Waals surface area contributed by atoms with E-state index in [0.717, 1.165) is 17.7 Å². The minimum absolute atomic E-state index is 0.00222. The van der Waals surface area contributed by atoms with Crippen LogP contribution in [0.1, 0.15) is 18.4 Å². The van der Waals surface area contributed by atoms with Crippen LogP contribution >= 0.6 is 0 Å². The normalized spacial score (nSPS) is 15.0. The summed E-state index contributed by atoms with van der Waals surface area (Å²) in [6.07, 6.45) is 1.15. The van der Waals surface area contributed by atoms with Crippen molar-refractivity contribution >= 4 is 5.91 Å². The van der Waals surface area contributed by atoms with Gasteiger partial charge < -0.3 is 14.4 Å². The van der Waals surface area contributed by atoms with Gasteiger partial charge in [0.05, 0.1) is 0 Å². The number of carbonyl (C=O) groups is 1. The summed E-state index contributed by atoms with van der Waals surface area (Å²) in [7, 11) is 0. The van der Waals surface area contributed by atoms with E-state index in [1.54, 1.807) is 4.90 Å². The van der Waals surface area contributed by atoms with Crippen LogP contribution in [-0.4, -0.2) is 36.6 Å². The number of nitrogens with zero attached hydrogens (tertiary/aromatic N) is 1. The van der Waals surface area contributed by atoms with Crippen LogP contribution in [0, 0.1) is 18.6 Å². The molecule has 4 nitrogen and oxygen atoms in total. The Kier molecular flexibility index (Phi) is 5.71. The van der Waals surface area contributed by atoms with Crippen LogP contribution in [0.15, 0.2) is 42.5 Å². The smallest absolute Gasteiger partial charge is 0.260 e. The summed E-state index contributed by atoms with van der Waals surface area (Å²) >= 11 is 0. The Balaban J connectivity index is 1.44. The predicted octanol–water partition coefficient (Wildman–Crippen LogP) is 3.72. The molecule has 26 heavy (non-hydrogen) atoms. The third-order valence-electron chi connectivity index (χ3n) is 4.37. The fourth-order valence-electron chi connectivity index (χ4n) is 2.84. The van der Waals surface area contributed by atoms with Gasteiger partial charge in [-0.3, -0.25) is 4.79 Å². The molecule has 0 aliphatic carbocycles. The van der Waals surface area contributed by atoms with Crippen molar-refractivity contribution in [3.63, 3.8) is 0 Å². The van der Waals surface area contributed by atoms with Crippen LogP contribution in [0.3, 0.4) is 0 Å². The lowest BCUT2D eigenvalue weighted by Gasteiger charge is -2.32. The summed E-state index contributed by atoms with van der Waals surface area (Å²) in [4.78, 5) is 14.0. The molecule has 1 aliphatic rings. The lowest BCUT2D eigenvalue weighted by atomic mass is 10.1. The maximum atomic E-state index is 13.2. The molecule has 0 spiro atoms. The molecule has 0 radical (unpaired) electrons. The van der Waals surface area contributed by atoms with E-state index in [-0.39, 0.29) is 18.6 Å². The first-order chi connectivity index (χ1) is 12.5. The summed E-state index contributed by atoms with van der Waals surface area (Å²) in [6, 6.07) is 11.0. The van der Waals surface area contributed by atoms with Gasteiger partial charge in [0, 0.05) is 32.0 Å². The summed E-state index contributed by atoms with van der Waals surface area (Å²) in [5.41, 5.74) is 1.13. The van der Waals surface area contributed by atoms with Gasteiger partial charge in [0.15, 0.2) is 18.2 Å². The Morgan fingerprint density at radius 3 is 2.35 bits per heavy atom. The molecule has 0 saturated carbocycles. The van der Waals surface area contributed by atoms with Gasteiger partial charge in [-0.15, -0.1) is 0 Å². The molecule has 1 saturated heterocycles. The van der Waals surface area contributed by atoms with Crippen LogP contribution in [0.5, 0.6) is 11.5 Å². The molecular weight excluding hydrogens is 340 g/mol. The highest BCUT2D eigenvalue weighted by atomic mass is 19.2. The number of halogens is 2. The molecule has 1 heterocycles. The molecule has 3 rings (SSSR count). The number of carbonyl (C=O) groups excluding carboxylic acids is 1. The number of aryl methyl sites for hydroxylation is 1. The van der Waals surface area contributed by atoms with Gasteiger partial charge in [0.25, 0.3) is 5.91 Å². The Bertz CT molecular complexity index is 756. The molecule has 0 N–H and O–H groups in total. The lowest BCUT2D eigenvalue weighted by molar-refractivity contribution is -0.135. The van der Waals surface area contributed by atoms with Crippen molar-refractivity contribution in [1.29, 1.82) is 0 Å². The summed E-state index contributed by atoms with van der Waals surface area (Å²) < 4.78 is 37.4. The minimum atomic E-state index is -0.927. The molecule has 0 bridgehead atoms. The third-order valence-corrected chi connectivity index (χ3v) is 4.37. The number of amides is 1. The Labute approximate surface area is 151 Å². The molecular formula is C20H21F2NO3. The Morgan fingerprint density at radius 1 is 1.04 bits per heavy atom. The summed E-state index contributed by atoms with van der Waals surface area (Å²) in [6.45, 7) is 3.08. The highest BCUT2D eigenvalue weighted by molar-refractivity contribution is 5.77. The van der Waals surface area contributed by atoms with E-state index in [4.69, 9.17) is 9.47 Å². The van der Waals surface area contributed by atoms with E-state index >= 15 is 0 Å². The van der Waals surface area contributed by atoms with E-state index in [1.807, 2.05) is 31.2 Å². The maximum Gasteiger partial charge on any atom is 0.260 e. The number of likely N-dealkylation sites (tertiary alicyclic amines) is 1. The maximum absolute atomic E-state index is 13.2. The molecule has 6 heteroatoms. The molecule has 1 aliphatic heterocycles. The Hall–Kier alpha value is -2.63. The number of rotatable bonds is 5. The molecule has 1 amide bonds. The number of hydrogen-bond donors (Lipinski definition) is 0. The monoisotopic (exact) mass is 361 g/mol. The SMILES string of the molecule is Cc1ccc(OCC(=O)N2CCC(Oc3ccc(F)c(F)c3)CC2)cc1. The molecule has 0 aromatic heterocycles. The average Bonchev–Trinajstić information content (AvgIpc) is 2.65. The highest BCUT2D eigenvalue weighted by Gasteiger charge is 2.24. The van der Waals surface area contributed by atoms with Gasteiger partial charge in [-0.05, 0) is 31.2 Å². The number of hydrogen-bond acceptors (Lipinski definition) is 3. The van der Waals surface area contributed by atoms with Crippen LogP contribution in [0.25, 0.3) is 0 Å². The quantitative estimate of drug-likeness (QED) is 0.815. The average molecular weight is 361 g/mol. The summed E-state index contributed by atoms with van der Waals surface area (Å²) in [5.74, 6) is -0.927. The van der Waals surface area contributed by atoms with Gasteiger partial charge in [0.1, 0.15) is 17.6 Å². The second-order valence-electron chi connectivity index (χ2n) is 6.38. The summed E-state index contributed by atoms with van der Waals surface area (Å²) in [5, 5.41) is 0. The van der Waals surface area contributed by atoms with E-state index in [2.05, 4.69) is 0 Å². The molecule has 0 unspecified atom stereocenters. The van der Waals surface area contributed by atoms with Crippen molar-refractivity contribution in [1.82, 2.24) is 4.90 Å². The van der Waals surface area contributed by atoms with Crippen molar-refractivity contribution in [2.45, 2.75) is 25.9 Å². The lowest BCUT2D eigenvalue weighted by Crippen LogP contribution is -2.43. The first-order valence-corrected chi connectivity index (χ1v) is 8.60. The number of piperidine rings is 1. The van der Waals surface area contributed by atoms with Gasteiger partial charge in [0.2, 0.25) is 0 Å². The second kappa shape index (κ2) is 8.17.